The standard InChI is InChI=1S/C6H12O3/c1-2-4-3-5(7)6(8)9-4/h4-8H,2-3H2,1H3/t4-,5-,6?/m1/s1. The molecule has 1 saturated heterocycles. The number of rotatable bonds is 1. The lowest BCUT2D eigenvalue weighted by Gasteiger charge is -2.05. The summed E-state index contributed by atoms with van der Waals surface area (Å²) in [4.78, 5) is 0. The third-order valence-electron chi connectivity index (χ3n) is 1.62. The Balaban J connectivity index is 2.35. The van der Waals surface area contributed by atoms with Crippen molar-refractivity contribution < 1.29 is 14.9 Å². The van der Waals surface area contributed by atoms with Crippen molar-refractivity contribution in [2.75, 3.05) is 0 Å². The van der Waals surface area contributed by atoms with Crippen LogP contribution < -0.4 is 0 Å². The van der Waals surface area contributed by atoms with Crippen LogP contribution in [0.15, 0.2) is 0 Å². The Bertz CT molecular complexity index is 84.3. The van der Waals surface area contributed by atoms with E-state index in [1.165, 1.54) is 0 Å². The Morgan fingerprint density at radius 2 is 2.22 bits per heavy atom. The SMILES string of the molecule is CC[C@@H]1C[C@@H](O)C(O)O1. The first-order valence-corrected chi connectivity index (χ1v) is 3.25. The van der Waals surface area contributed by atoms with E-state index in [4.69, 9.17) is 14.9 Å². The van der Waals surface area contributed by atoms with Gasteiger partial charge in [0.05, 0.1) is 6.10 Å². The van der Waals surface area contributed by atoms with E-state index in [1.54, 1.807) is 0 Å². The monoisotopic (exact) mass is 132 g/mol. The highest BCUT2D eigenvalue weighted by molar-refractivity contribution is 4.73. The van der Waals surface area contributed by atoms with E-state index < -0.39 is 12.4 Å². The van der Waals surface area contributed by atoms with Crippen LogP contribution in [0.3, 0.4) is 0 Å². The second-order valence-electron chi connectivity index (χ2n) is 2.36. The third kappa shape index (κ3) is 1.41. The largest absolute Gasteiger partial charge is 0.388 e. The minimum Gasteiger partial charge on any atom is -0.388 e. The third-order valence-corrected chi connectivity index (χ3v) is 1.62. The molecule has 3 atom stereocenters. The Hall–Kier alpha value is -0.120. The lowest BCUT2D eigenvalue weighted by atomic mass is 10.2. The van der Waals surface area contributed by atoms with Crippen LogP contribution in [0.1, 0.15) is 19.8 Å². The minimum absolute atomic E-state index is 0.0509. The molecule has 3 heteroatoms. The maximum atomic E-state index is 8.92. The van der Waals surface area contributed by atoms with Gasteiger partial charge in [-0.1, -0.05) is 6.92 Å². The normalized spacial score (nSPS) is 43.7. The molecule has 54 valence electrons. The van der Waals surface area contributed by atoms with Crippen molar-refractivity contribution in [3.05, 3.63) is 0 Å². The van der Waals surface area contributed by atoms with Crippen molar-refractivity contribution in [2.24, 2.45) is 0 Å². The molecule has 0 bridgehead atoms. The molecule has 0 spiro atoms. The second kappa shape index (κ2) is 2.64. The number of ether oxygens (including phenoxy) is 1. The first kappa shape index (κ1) is 6.99. The van der Waals surface area contributed by atoms with Crippen LogP contribution in [0.2, 0.25) is 0 Å². The van der Waals surface area contributed by atoms with E-state index in [1.807, 2.05) is 6.92 Å². The van der Waals surface area contributed by atoms with Gasteiger partial charge in [-0.2, -0.15) is 0 Å². The first-order chi connectivity index (χ1) is 4.24. The molecule has 0 saturated carbocycles. The van der Waals surface area contributed by atoms with E-state index in [9.17, 15) is 0 Å². The summed E-state index contributed by atoms with van der Waals surface area (Å²) in [7, 11) is 0. The molecule has 0 aromatic carbocycles. The number of aliphatic hydroxyl groups is 2. The summed E-state index contributed by atoms with van der Waals surface area (Å²) < 4.78 is 4.93. The van der Waals surface area contributed by atoms with Gasteiger partial charge in [0, 0.05) is 6.42 Å². The van der Waals surface area contributed by atoms with Crippen LogP contribution in [-0.2, 0) is 4.74 Å². The molecule has 0 aliphatic carbocycles. The van der Waals surface area contributed by atoms with Crippen LogP contribution >= 0.6 is 0 Å². The topological polar surface area (TPSA) is 49.7 Å². The van der Waals surface area contributed by atoms with Crippen molar-refractivity contribution >= 4 is 0 Å². The zero-order valence-corrected chi connectivity index (χ0v) is 5.45. The zero-order valence-electron chi connectivity index (χ0n) is 5.45. The van der Waals surface area contributed by atoms with Crippen LogP contribution in [0.4, 0.5) is 0 Å². The summed E-state index contributed by atoms with van der Waals surface area (Å²) in [5, 5.41) is 17.8. The predicted molar refractivity (Wildman–Crippen MR) is 31.8 cm³/mol. The van der Waals surface area contributed by atoms with Gasteiger partial charge < -0.3 is 14.9 Å². The van der Waals surface area contributed by atoms with Crippen LogP contribution in [0, 0.1) is 0 Å². The molecule has 9 heavy (non-hydrogen) atoms. The van der Waals surface area contributed by atoms with Crippen LogP contribution in [-0.4, -0.2) is 28.7 Å². The van der Waals surface area contributed by atoms with Crippen molar-refractivity contribution in [2.45, 2.75) is 38.3 Å². The molecule has 3 nitrogen and oxygen atoms in total. The number of hydrogen-bond donors (Lipinski definition) is 2. The summed E-state index contributed by atoms with van der Waals surface area (Å²) in [6.45, 7) is 1.97. The molecular weight excluding hydrogens is 120 g/mol. The van der Waals surface area contributed by atoms with Gasteiger partial charge in [0.1, 0.15) is 6.10 Å². The second-order valence-corrected chi connectivity index (χ2v) is 2.36. The zero-order chi connectivity index (χ0) is 6.85. The molecule has 0 aromatic rings. The van der Waals surface area contributed by atoms with E-state index in [-0.39, 0.29) is 6.10 Å². The molecule has 0 amide bonds. The molecule has 1 aliphatic heterocycles. The van der Waals surface area contributed by atoms with Gasteiger partial charge in [-0.05, 0) is 6.42 Å². The Morgan fingerprint density at radius 1 is 1.56 bits per heavy atom. The van der Waals surface area contributed by atoms with E-state index in [0.717, 1.165) is 6.42 Å². The van der Waals surface area contributed by atoms with Gasteiger partial charge in [0.25, 0.3) is 0 Å². The van der Waals surface area contributed by atoms with E-state index in [2.05, 4.69) is 0 Å². The van der Waals surface area contributed by atoms with Crippen molar-refractivity contribution in [3.63, 3.8) is 0 Å². The average molecular weight is 132 g/mol. The highest BCUT2D eigenvalue weighted by Crippen LogP contribution is 2.20. The first-order valence-electron chi connectivity index (χ1n) is 3.25. The smallest absolute Gasteiger partial charge is 0.181 e. The molecule has 1 unspecified atom stereocenters. The Morgan fingerprint density at radius 3 is 2.44 bits per heavy atom. The van der Waals surface area contributed by atoms with Crippen molar-refractivity contribution in [3.8, 4) is 0 Å². The van der Waals surface area contributed by atoms with Gasteiger partial charge in [0.2, 0.25) is 0 Å². The Labute approximate surface area is 54.3 Å². The fraction of sp³-hybridized carbons (Fsp3) is 1.00. The van der Waals surface area contributed by atoms with Crippen molar-refractivity contribution in [1.82, 2.24) is 0 Å². The lowest BCUT2D eigenvalue weighted by Crippen LogP contribution is -2.19. The fourth-order valence-corrected chi connectivity index (χ4v) is 0.992. The van der Waals surface area contributed by atoms with Crippen LogP contribution in [0.5, 0.6) is 0 Å². The van der Waals surface area contributed by atoms with Crippen LogP contribution in [0.25, 0.3) is 0 Å². The Kier molecular flexibility index (Phi) is 2.05. The summed E-state index contributed by atoms with van der Waals surface area (Å²) in [5.74, 6) is 0. The quantitative estimate of drug-likeness (QED) is 0.522. The summed E-state index contributed by atoms with van der Waals surface area (Å²) in [5.41, 5.74) is 0. The molecule has 0 aromatic heterocycles. The maximum absolute atomic E-state index is 8.92. The maximum Gasteiger partial charge on any atom is 0.181 e. The predicted octanol–water partition coefficient (Wildman–Crippen LogP) is -0.135. The molecule has 0 radical (unpaired) electrons. The molecule has 1 fully saturated rings. The summed E-state index contributed by atoms with van der Waals surface area (Å²) >= 11 is 0. The summed E-state index contributed by atoms with van der Waals surface area (Å²) in [6, 6.07) is 0. The molecular formula is C6H12O3. The molecule has 1 rings (SSSR count). The fourth-order valence-electron chi connectivity index (χ4n) is 0.992. The molecule has 1 aliphatic rings. The average Bonchev–Trinajstić information content (AvgIpc) is 2.13. The number of hydrogen-bond acceptors (Lipinski definition) is 3. The minimum atomic E-state index is -0.949. The van der Waals surface area contributed by atoms with Crippen molar-refractivity contribution in [1.29, 1.82) is 0 Å². The molecule has 2 N–H and O–H groups in total. The number of aliphatic hydroxyl groups excluding tert-OH is 2. The van der Waals surface area contributed by atoms with Gasteiger partial charge >= 0.3 is 0 Å². The highest BCUT2D eigenvalue weighted by Gasteiger charge is 2.30. The van der Waals surface area contributed by atoms with E-state index >= 15 is 0 Å². The van der Waals surface area contributed by atoms with Gasteiger partial charge in [-0.15, -0.1) is 0 Å². The summed E-state index contributed by atoms with van der Waals surface area (Å²) in [6.07, 6.45) is -0.147. The van der Waals surface area contributed by atoms with Gasteiger partial charge in [-0.25, -0.2) is 0 Å². The lowest BCUT2D eigenvalue weighted by molar-refractivity contribution is -0.127. The highest BCUT2D eigenvalue weighted by atomic mass is 16.6. The molecule has 1 heterocycles. The van der Waals surface area contributed by atoms with E-state index in [0.29, 0.717) is 6.42 Å². The van der Waals surface area contributed by atoms with Gasteiger partial charge in [0.15, 0.2) is 6.29 Å². The van der Waals surface area contributed by atoms with Gasteiger partial charge in [-0.3, -0.25) is 0 Å².